The van der Waals surface area contributed by atoms with Crippen LogP contribution in [0, 0.1) is 0 Å². The number of carboxylic acids is 1. The lowest BCUT2D eigenvalue weighted by Crippen LogP contribution is -2.48. The quantitative estimate of drug-likeness (QED) is 0.331. The highest BCUT2D eigenvalue weighted by Gasteiger charge is 2.18. The molecule has 104 valence electrons. The van der Waals surface area contributed by atoms with E-state index in [0.717, 1.165) is 0 Å². The van der Waals surface area contributed by atoms with Crippen molar-refractivity contribution in [2.45, 2.75) is 25.8 Å². The van der Waals surface area contributed by atoms with E-state index in [-0.39, 0.29) is 18.9 Å². The monoisotopic (exact) mass is 262 g/mol. The third kappa shape index (κ3) is 7.44. The highest BCUT2D eigenvalue weighted by molar-refractivity contribution is 5.82. The van der Waals surface area contributed by atoms with Gasteiger partial charge in [0.2, 0.25) is 0 Å². The molecule has 0 radical (unpaired) electrons. The number of nitrogens with one attached hydrogen (secondary N) is 2. The summed E-state index contributed by atoms with van der Waals surface area (Å²) in [7, 11) is 0. The van der Waals surface area contributed by atoms with Gasteiger partial charge in [-0.05, 0) is 13.3 Å². The van der Waals surface area contributed by atoms with Gasteiger partial charge in [-0.25, -0.2) is 9.59 Å². The Balaban J connectivity index is 3.71. The number of hydrogen-bond acceptors (Lipinski definition) is 5. The Morgan fingerprint density at radius 1 is 1.33 bits per heavy atom. The molecule has 18 heavy (non-hydrogen) atoms. The van der Waals surface area contributed by atoms with Crippen LogP contribution in [0.25, 0.3) is 0 Å². The number of amides is 2. The number of hydrogen-bond donors (Lipinski definition) is 4. The van der Waals surface area contributed by atoms with Crippen LogP contribution in [0.4, 0.5) is 4.79 Å². The van der Waals surface area contributed by atoms with Gasteiger partial charge in [-0.15, -0.1) is 0 Å². The molecule has 0 fully saturated rings. The van der Waals surface area contributed by atoms with E-state index in [1.54, 1.807) is 6.92 Å². The van der Waals surface area contributed by atoms with Crippen LogP contribution >= 0.6 is 0 Å². The third-order valence-corrected chi connectivity index (χ3v) is 1.93. The number of aliphatic hydroxyl groups excluding tert-OH is 1. The van der Waals surface area contributed by atoms with Crippen molar-refractivity contribution in [2.75, 3.05) is 19.8 Å². The van der Waals surface area contributed by atoms with Gasteiger partial charge in [0, 0.05) is 13.0 Å². The lowest BCUT2D eigenvalue weighted by molar-refractivity contribution is -0.143. The SMILES string of the molecule is CCOC(=O)CCCNC(=O)NC(CO)C(=O)O. The highest BCUT2D eigenvalue weighted by atomic mass is 16.5. The Morgan fingerprint density at radius 3 is 2.50 bits per heavy atom. The smallest absolute Gasteiger partial charge is 0.328 e. The minimum atomic E-state index is -1.34. The molecule has 0 aromatic rings. The first-order valence-electron chi connectivity index (χ1n) is 5.54. The van der Waals surface area contributed by atoms with E-state index < -0.39 is 24.6 Å². The first-order chi connectivity index (χ1) is 8.51. The molecular weight excluding hydrogens is 244 g/mol. The van der Waals surface area contributed by atoms with Crippen LogP contribution in [0.15, 0.2) is 0 Å². The van der Waals surface area contributed by atoms with Crippen molar-refractivity contribution in [1.29, 1.82) is 0 Å². The average molecular weight is 262 g/mol. The minimum Gasteiger partial charge on any atom is -0.480 e. The summed E-state index contributed by atoms with van der Waals surface area (Å²) in [5.41, 5.74) is 0. The van der Waals surface area contributed by atoms with Crippen LogP contribution in [0.5, 0.6) is 0 Å². The molecule has 0 aliphatic carbocycles. The average Bonchev–Trinajstić information content (AvgIpc) is 2.31. The molecule has 8 heteroatoms. The number of carbonyl (C=O) groups excluding carboxylic acids is 2. The fourth-order valence-electron chi connectivity index (χ4n) is 1.06. The van der Waals surface area contributed by atoms with Gasteiger partial charge in [0.15, 0.2) is 6.04 Å². The van der Waals surface area contributed by atoms with Gasteiger partial charge in [-0.3, -0.25) is 4.79 Å². The number of rotatable bonds is 8. The second kappa shape index (κ2) is 9.23. The van der Waals surface area contributed by atoms with E-state index in [0.29, 0.717) is 13.0 Å². The minimum absolute atomic E-state index is 0.177. The third-order valence-electron chi connectivity index (χ3n) is 1.93. The first-order valence-corrected chi connectivity index (χ1v) is 5.54. The lowest BCUT2D eigenvalue weighted by atomic mass is 10.3. The van der Waals surface area contributed by atoms with Crippen LogP contribution in [0.2, 0.25) is 0 Å². The van der Waals surface area contributed by atoms with Gasteiger partial charge in [-0.2, -0.15) is 0 Å². The molecule has 1 unspecified atom stereocenters. The topological polar surface area (TPSA) is 125 Å². The van der Waals surface area contributed by atoms with Gasteiger partial charge in [0.25, 0.3) is 0 Å². The molecule has 8 nitrogen and oxygen atoms in total. The summed E-state index contributed by atoms with van der Waals surface area (Å²) in [4.78, 5) is 32.6. The molecule has 1 atom stereocenters. The van der Waals surface area contributed by atoms with Crippen molar-refractivity contribution < 1.29 is 29.3 Å². The van der Waals surface area contributed by atoms with Crippen molar-refractivity contribution in [2.24, 2.45) is 0 Å². The lowest BCUT2D eigenvalue weighted by Gasteiger charge is -2.12. The molecule has 0 aliphatic rings. The molecule has 2 amide bonds. The zero-order valence-corrected chi connectivity index (χ0v) is 10.1. The molecule has 0 heterocycles. The number of carboxylic acid groups (broad SMARTS) is 1. The highest BCUT2D eigenvalue weighted by Crippen LogP contribution is 1.91. The van der Waals surface area contributed by atoms with Crippen LogP contribution in [-0.2, 0) is 14.3 Å². The number of carbonyl (C=O) groups is 3. The molecule has 0 saturated heterocycles. The normalized spacial score (nSPS) is 11.4. The van der Waals surface area contributed by atoms with E-state index in [9.17, 15) is 14.4 Å². The second-order valence-electron chi connectivity index (χ2n) is 3.38. The Kier molecular flexibility index (Phi) is 8.29. The van der Waals surface area contributed by atoms with E-state index in [2.05, 4.69) is 15.4 Å². The molecular formula is C10H18N2O6. The fourth-order valence-corrected chi connectivity index (χ4v) is 1.06. The van der Waals surface area contributed by atoms with Crippen molar-refractivity contribution in [1.82, 2.24) is 10.6 Å². The molecule has 0 saturated carbocycles. The zero-order chi connectivity index (χ0) is 14.0. The standard InChI is InChI=1S/C10H18N2O6/c1-2-18-8(14)4-3-5-11-10(17)12-7(6-13)9(15)16/h7,13H,2-6H2,1H3,(H,15,16)(H2,11,12,17). The summed E-state index contributed by atoms with van der Waals surface area (Å²) in [6.45, 7) is 1.53. The predicted octanol–water partition coefficient (Wildman–Crippen LogP) is -0.926. The number of ether oxygens (including phenoxy) is 1. The maximum absolute atomic E-state index is 11.2. The van der Waals surface area contributed by atoms with Crippen molar-refractivity contribution >= 4 is 18.0 Å². The fraction of sp³-hybridized carbons (Fsp3) is 0.700. The summed E-state index contributed by atoms with van der Waals surface area (Å²) in [5, 5.41) is 21.7. The molecule has 0 aromatic carbocycles. The summed E-state index contributed by atoms with van der Waals surface area (Å²) >= 11 is 0. The maximum Gasteiger partial charge on any atom is 0.328 e. The molecule has 0 bridgehead atoms. The van der Waals surface area contributed by atoms with Crippen LogP contribution in [-0.4, -0.2) is 54.0 Å². The Bertz CT molecular complexity index is 294. The van der Waals surface area contributed by atoms with Gasteiger partial charge < -0.3 is 25.6 Å². The van der Waals surface area contributed by atoms with Gasteiger partial charge in [0.05, 0.1) is 13.2 Å². The van der Waals surface area contributed by atoms with Crippen LogP contribution in [0.3, 0.4) is 0 Å². The number of aliphatic carboxylic acids is 1. The largest absolute Gasteiger partial charge is 0.480 e. The van der Waals surface area contributed by atoms with Crippen molar-refractivity contribution in [3.8, 4) is 0 Å². The summed E-state index contributed by atoms with van der Waals surface area (Å²) in [6.07, 6.45) is 0.569. The van der Waals surface area contributed by atoms with E-state index in [4.69, 9.17) is 10.2 Å². The molecule has 0 aliphatic heterocycles. The molecule has 4 N–H and O–H groups in total. The number of esters is 1. The van der Waals surface area contributed by atoms with Gasteiger partial charge >= 0.3 is 18.0 Å². The summed E-state index contributed by atoms with van der Waals surface area (Å²) < 4.78 is 4.68. The Labute approximate surface area is 104 Å². The van der Waals surface area contributed by atoms with E-state index >= 15 is 0 Å². The van der Waals surface area contributed by atoms with Crippen molar-refractivity contribution in [3.05, 3.63) is 0 Å². The summed E-state index contributed by atoms with van der Waals surface area (Å²) in [5.74, 6) is -1.67. The second-order valence-corrected chi connectivity index (χ2v) is 3.38. The Hall–Kier alpha value is -1.83. The maximum atomic E-state index is 11.2. The zero-order valence-electron chi connectivity index (χ0n) is 10.1. The summed E-state index contributed by atoms with van der Waals surface area (Å²) in [6, 6.07) is -2.05. The molecule has 0 spiro atoms. The van der Waals surface area contributed by atoms with Crippen LogP contribution in [0.1, 0.15) is 19.8 Å². The van der Waals surface area contributed by atoms with Gasteiger partial charge in [-0.1, -0.05) is 0 Å². The van der Waals surface area contributed by atoms with E-state index in [1.807, 2.05) is 0 Å². The first kappa shape index (κ1) is 16.2. The number of urea groups is 1. The molecule has 0 aromatic heterocycles. The number of aliphatic hydroxyl groups is 1. The molecule has 0 rings (SSSR count). The predicted molar refractivity (Wildman–Crippen MR) is 60.9 cm³/mol. The van der Waals surface area contributed by atoms with Crippen LogP contribution < -0.4 is 10.6 Å². The Morgan fingerprint density at radius 2 is 2.00 bits per heavy atom. The van der Waals surface area contributed by atoms with Gasteiger partial charge in [0.1, 0.15) is 0 Å². The van der Waals surface area contributed by atoms with Crippen molar-refractivity contribution in [3.63, 3.8) is 0 Å². The van der Waals surface area contributed by atoms with E-state index in [1.165, 1.54) is 0 Å².